The lowest BCUT2D eigenvalue weighted by molar-refractivity contribution is -0.129. The van der Waals surface area contributed by atoms with Crippen molar-refractivity contribution in [2.45, 2.75) is 44.9 Å². The van der Waals surface area contributed by atoms with Crippen LogP contribution < -0.4 is 20.3 Å². The summed E-state index contributed by atoms with van der Waals surface area (Å²) in [5.41, 5.74) is 3.90. The molecular formula is C25H26N6O3. The number of hydrogen-bond donors (Lipinski definition) is 2. The van der Waals surface area contributed by atoms with E-state index >= 15 is 0 Å². The van der Waals surface area contributed by atoms with Crippen LogP contribution in [0.5, 0.6) is 5.75 Å². The first kappa shape index (κ1) is 20.9. The van der Waals surface area contributed by atoms with E-state index in [4.69, 9.17) is 9.47 Å². The first-order valence-corrected chi connectivity index (χ1v) is 11.5. The fraction of sp³-hybridized carbons (Fsp3) is 0.360. The Balaban J connectivity index is 1.22. The Kier molecular flexibility index (Phi) is 4.70. The van der Waals surface area contributed by atoms with E-state index in [0.29, 0.717) is 35.4 Å². The Bertz CT molecular complexity index is 1290. The molecule has 2 bridgehead atoms. The molecule has 174 valence electrons. The first-order valence-electron chi connectivity index (χ1n) is 11.5. The molecule has 3 aliphatic rings. The van der Waals surface area contributed by atoms with Crippen molar-refractivity contribution in [1.82, 2.24) is 15.0 Å². The maximum absolute atomic E-state index is 12.1. The van der Waals surface area contributed by atoms with Crippen LogP contribution >= 0.6 is 0 Å². The molecular weight excluding hydrogens is 432 g/mol. The van der Waals surface area contributed by atoms with Gasteiger partial charge in [0.2, 0.25) is 5.95 Å². The highest BCUT2D eigenvalue weighted by Gasteiger charge is 2.39. The number of hydrogen-bond acceptors (Lipinski definition) is 8. The fourth-order valence-electron chi connectivity index (χ4n) is 4.79. The van der Waals surface area contributed by atoms with Crippen LogP contribution in [0.4, 0.5) is 23.1 Å². The second-order valence-corrected chi connectivity index (χ2v) is 9.53. The maximum atomic E-state index is 12.1. The highest BCUT2D eigenvalue weighted by molar-refractivity contribution is 5.99. The molecule has 5 heterocycles. The first-order chi connectivity index (χ1) is 16.4. The van der Waals surface area contributed by atoms with Gasteiger partial charge in [-0.25, -0.2) is 15.0 Å². The van der Waals surface area contributed by atoms with E-state index in [1.54, 1.807) is 26.2 Å². The van der Waals surface area contributed by atoms with E-state index in [1.165, 1.54) is 11.3 Å². The highest BCUT2D eigenvalue weighted by Crippen LogP contribution is 2.36. The maximum Gasteiger partial charge on any atom is 0.269 e. The predicted molar refractivity (Wildman–Crippen MR) is 129 cm³/mol. The zero-order valence-electron chi connectivity index (χ0n) is 19.3. The summed E-state index contributed by atoms with van der Waals surface area (Å²) in [5.74, 6) is 1.20. The van der Waals surface area contributed by atoms with E-state index in [-0.39, 0.29) is 5.91 Å². The molecule has 0 saturated carbocycles. The van der Waals surface area contributed by atoms with Crippen molar-refractivity contribution in [3.8, 4) is 17.0 Å². The summed E-state index contributed by atoms with van der Waals surface area (Å²) in [4.78, 5) is 27.9. The van der Waals surface area contributed by atoms with Gasteiger partial charge in [-0.15, -0.1) is 0 Å². The number of fused-ring (bicyclic) bond motifs is 3. The van der Waals surface area contributed by atoms with Crippen LogP contribution in [0.15, 0.2) is 42.7 Å². The Labute approximate surface area is 197 Å². The summed E-state index contributed by atoms with van der Waals surface area (Å²) in [6.07, 6.45) is 4.86. The minimum atomic E-state index is -0.961. The summed E-state index contributed by atoms with van der Waals surface area (Å²) < 4.78 is 11.6. The fourth-order valence-corrected chi connectivity index (χ4v) is 4.79. The van der Waals surface area contributed by atoms with Crippen LogP contribution in [-0.4, -0.2) is 51.8 Å². The van der Waals surface area contributed by atoms with Crippen LogP contribution in [0.1, 0.15) is 25.8 Å². The summed E-state index contributed by atoms with van der Waals surface area (Å²) in [6.45, 7) is 7.35. The summed E-state index contributed by atoms with van der Waals surface area (Å²) in [5, 5.41) is 6.09. The minimum Gasteiger partial charge on any atom is -0.474 e. The number of carbonyl (C=O) groups excluding carboxylic acids is 1. The number of morpholine rings is 1. The molecule has 2 saturated heterocycles. The molecule has 0 radical (unpaired) electrons. The van der Waals surface area contributed by atoms with Crippen molar-refractivity contribution in [3.05, 3.63) is 48.3 Å². The van der Waals surface area contributed by atoms with Crippen LogP contribution in [0.25, 0.3) is 11.3 Å². The number of pyridine rings is 1. The van der Waals surface area contributed by atoms with E-state index in [1.807, 2.05) is 12.1 Å². The molecule has 2 N–H and O–H groups in total. The van der Waals surface area contributed by atoms with Gasteiger partial charge in [-0.05, 0) is 63.1 Å². The van der Waals surface area contributed by atoms with Gasteiger partial charge < -0.3 is 25.0 Å². The minimum absolute atomic E-state index is 0.222. The molecule has 3 aromatic rings. The number of nitrogens with zero attached hydrogens (tertiary/aromatic N) is 4. The van der Waals surface area contributed by atoms with Crippen LogP contribution in [-0.2, 0) is 9.53 Å². The molecule has 2 aromatic heterocycles. The van der Waals surface area contributed by atoms with Gasteiger partial charge >= 0.3 is 0 Å². The van der Waals surface area contributed by atoms with E-state index in [0.717, 1.165) is 30.8 Å². The Hall–Kier alpha value is -3.72. The number of anilines is 4. The number of nitrogens with one attached hydrogen (secondary N) is 2. The van der Waals surface area contributed by atoms with Crippen LogP contribution in [0, 0.1) is 6.92 Å². The molecule has 3 aliphatic heterocycles. The molecule has 2 unspecified atom stereocenters. The number of benzene rings is 1. The Morgan fingerprint density at radius 1 is 1.21 bits per heavy atom. The Morgan fingerprint density at radius 2 is 2.09 bits per heavy atom. The molecule has 2 fully saturated rings. The van der Waals surface area contributed by atoms with Crippen molar-refractivity contribution in [2.75, 3.05) is 28.7 Å². The zero-order valence-corrected chi connectivity index (χ0v) is 19.3. The van der Waals surface area contributed by atoms with Gasteiger partial charge in [0.1, 0.15) is 0 Å². The number of carbonyl (C=O) groups is 1. The predicted octanol–water partition coefficient (Wildman–Crippen LogP) is 3.68. The largest absolute Gasteiger partial charge is 0.474 e. The third kappa shape index (κ3) is 3.62. The standard InChI is InChI=1S/C25H26N6O3/c1-14-8-16(4-5-20(14)31-12-18-10-17(31)13-33-18)28-24-26-7-6-19(29-24)15-9-21-22(27-11-15)30-23(32)25(2,3)34-21/h4-9,11,17-18H,10,12-13H2,1-3H3,(H,26,28,29)(H,27,30,32). The summed E-state index contributed by atoms with van der Waals surface area (Å²) in [6, 6.07) is 10.5. The van der Waals surface area contributed by atoms with E-state index in [2.05, 4.69) is 55.6 Å². The van der Waals surface area contributed by atoms with Crippen molar-refractivity contribution in [1.29, 1.82) is 0 Å². The van der Waals surface area contributed by atoms with Crippen molar-refractivity contribution in [2.24, 2.45) is 0 Å². The molecule has 1 aromatic carbocycles. The zero-order chi connectivity index (χ0) is 23.4. The second-order valence-electron chi connectivity index (χ2n) is 9.53. The summed E-state index contributed by atoms with van der Waals surface area (Å²) in [7, 11) is 0. The third-order valence-electron chi connectivity index (χ3n) is 6.61. The molecule has 1 amide bonds. The second kappa shape index (κ2) is 7.66. The van der Waals surface area contributed by atoms with Gasteiger partial charge in [-0.3, -0.25) is 4.79 Å². The number of ether oxygens (including phenoxy) is 2. The van der Waals surface area contributed by atoms with Gasteiger partial charge in [0.05, 0.1) is 24.4 Å². The molecule has 9 heteroatoms. The molecule has 0 spiro atoms. The van der Waals surface area contributed by atoms with E-state index < -0.39 is 5.60 Å². The SMILES string of the molecule is Cc1cc(Nc2nccc(-c3cnc4c(c3)OC(C)(C)C(=O)N4)n2)ccc1N1CC2CC1CO2. The molecule has 9 nitrogen and oxygen atoms in total. The quantitative estimate of drug-likeness (QED) is 0.611. The van der Waals surface area contributed by atoms with Gasteiger partial charge in [0, 0.05) is 35.9 Å². The van der Waals surface area contributed by atoms with Gasteiger partial charge in [0.15, 0.2) is 17.2 Å². The van der Waals surface area contributed by atoms with Crippen LogP contribution in [0.2, 0.25) is 0 Å². The average molecular weight is 459 g/mol. The van der Waals surface area contributed by atoms with Gasteiger partial charge in [-0.1, -0.05) is 0 Å². The van der Waals surface area contributed by atoms with Crippen molar-refractivity contribution < 1.29 is 14.3 Å². The highest BCUT2D eigenvalue weighted by atomic mass is 16.5. The van der Waals surface area contributed by atoms with Crippen molar-refractivity contribution >= 4 is 29.0 Å². The lowest BCUT2D eigenvalue weighted by Gasteiger charge is -2.30. The number of aryl methyl sites for hydroxylation is 1. The topological polar surface area (TPSA) is 102 Å². The van der Waals surface area contributed by atoms with Gasteiger partial charge in [0.25, 0.3) is 5.91 Å². The normalized spacial score (nSPS) is 22.2. The van der Waals surface area contributed by atoms with Gasteiger partial charge in [-0.2, -0.15) is 0 Å². The lowest BCUT2D eigenvalue weighted by atomic mass is 10.1. The number of rotatable bonds is 4. The lowest BCUT2D eigenvalue weighted by Crippen LogP contribution is -2.45. The monoisotopic (exact) mass is 458 g/mol. The molecule has 2 atom stereocenters. The Morgan fingerprint density at radius 3 is 2.85 bits per heavy atom. The average Bonchev–Trinajstić information content (AvgIpc) is 3.43. The van der Waals surface area contributed by atoms with Crippen molar-refractivity contribution in [3.63, 3.8) is 0 Å². The number of amides is 1. The molecule has 6 rings (SSSR count). The molecule has 0 aliphatic carbocycles. The smallest absolute Gasteiger partial charge is 0.269 e. The third-order valence-corrected chi connectivity index (χ3v) is 6.61. The summed E-state index contributed by atoms with van der Waals surface area (Å²) >= 11 is 0. The number of aromatic nitrogens is 3. The van der Waals surface area contributed by atoms with E-state index in [9.17, 15) is 4.79 Å². The van der Waals surface area contributed by atoms with Crippen LogP contribution in [0.3, 0.4) is 0 Å². The molecule has 34 heavy (non-hydrogen) atoms.